The molecule has 2 amide bonds. The average Bonchev–Trinajstić information content (AvgIpc) is 3.06. The summed E-state index contributed by atoms with van der Waals surface area (Å²) in [6.07, 6.45) is 5.82. The Morgan fingerprint density at radius 1 is 0.933 bits per heavy atom. The third-order valence-electron chi connectivity index (χ3n) is 8.16. The molecule has 0 radical (unpaired) electrons. The largest absolute Gasteiger partial charge is 0.493 e. The molecule has 4 rings (SSSR count). The highest BCUT2D eigenvalue weighted by Gasteiger charge is 2.34. The van der Waals surface area contributed by atoms with Crippen molar-refractivity contribution < 1.29 is 31.9 Å². The topological polar surface area (TPSA) is 105 Å². The summed E-state index contributed by atoms with van der Waals surface area (Å²) in [5.41, 5.74) is 1.08. The molecule has 0 saturated heterocycles. The van der Waals surface area contributed by atoms with Gasteiger partial charge in [-0.15, -0.1) is 0 Å². The van der Waals surface area contributed by atoms with Crippen molar-refractivity contribution in [2.24, 2.45) is 0 Å². The number of hydrogen-bond donors (Lipinski definition) is 1. The number of carbonyl (C=O) groups is 2. The van der Waals surface area contributed by atoms with E-state index in [2.05, 4.69) is 5.32 Å². The van der Waals surface area contributed by atoms with Crippen LogP contribution in [0.5, 0.6) is 11.5 Å². The zero-order valence-corrected chi connectivity index (χ0v) is 26.9. The first-order valence-electron chi connectivity index (χ1n) is 15.3. The number of benzene rings is 3. The Labute approximate surface area is 265 Å². The highest BCUT2D eigenvalue weighted by atomic mass is 32.2. The quantitative estimate of drug-likeness (QED) is 0.256. The number of methoxy groups -OCH3 is 2. The van der Waals surface area contributed by atoms with Gasteiger partial charge in [0.25, 0.3) is 10.0 Å². The first-order valence-corrected chi connectivity index (χ1v) is 16.8. The van der Waals surface area contributed by atoms with Crippen molar-refractivity contribution >= 4 is 27.5 Å². The molecule has 1 aliphatic rings. The molecule has 1 atom stereocenters. The number of nitrogens with zero attached hydrogens (tertiary/aromatic N) is 2. The summed E-state index contributed by atoms with van der Waals surface area (Å²) in [6.45, 7) is 1.43. The van der Waals surface area contributed by atoms with Crippen LogP contribution in [0.2, 0.25) is 0 Å². The maximum absolute atomic E-state index is 14.2. The molecule has 0 aliphatic heterocycles. The molecule has 11 heteroatoms. The fraction of sp³-hybridized carbons (Fsp3) is 0.412. The number of rotatable bonds is 14. The Balaban J connectivity index is 1.69. The number of ether oxygens (including phenoxy) is 2. The number of sulfonamides is 1. The predicted molar refractivity (Wildman–Crippen MR) is 171 cm³/mol. The van der Waals surface area contributed by atoms with E-state index >= 15 is 0 Å². The molecule has 45 heavy (non-hydrogen) atoms. The third-order valence-corrected chi connectivity index (χ3v) is 9.93. The Morgan fingerprint density at radius 2 is 1.60 bits per heavy atom. The van der Waals surface area contributed by atoms with Crippen molar-refractivity contribution in [2.75, 3.05) is 31.6 Å². The van der Waals surface area contributed by atoms with Crippen LogP contribution in [0.4, 0.5) is 10.1 Å². The molecule has 0 bridgehead atoms. The third kappa shape index (κ3) is 8.54. The van der Waals surface area contributed by atoms with Crippen molar-refractivity contribution in [3.63, 3.8) is 0 Å². The molecule has 3 aromatic rings. The maximum atomic E-state index is 14.2. The lowest BCUT2D eigenvalue weighted by Gasteiger charge is -2.34. The van der Waals surface area contributed by atoms with Gasteiger partial charge in [-0.1, -0.05) is 56.5 Å². The molecule has 1 unspecified atom stereocenters. The lowest BCUT2D eigenvalue weighted by molar-refractivity contribution is -0.140. The molecular weight excluding hydrogens is 597 g/mol. The molecular formula is C34H42FN3O6S. The SMILES string of the molecule is CCC(C(=O)NC1CCCCC1)N(CCc1ccccc1)C(=O)CN(c1ccc(F)cc1)S(=O)(=O)c1ccc(OC)c(OC)c1. The molecule has 9 nitrogen and oxygen atoms in total. The zero-order valence-electron chi connectivity index (χ0n) is 26.1. The van der Waals surface area contributed by atoms with Gasteiger partial charge in [0.2, 0.25) is 11.8 Å². The standard InChI is InChI=1S/C34H42FN3O6S/c1-4-30(34(40)36-27-13-9-6-10-14-27)37(22-21-25-11-7-5-8-12-25)33(39)24-38(28-17-15-26(35)16-18-28)45(41,42)29-19-20-31(43-2)32(23-29)44-3/h5,7-8,11-12,15-20,23,27,30H,4,6,9-10,13-14,21-22,24H2,1-3H3,(H,36,40). The van der Waals surface area contributed by atoms with Gasteiger partial charge in [0.1, 0.15) is 18.4 Å². The monoisotopic (exact) mass is 639 g/mol. The fourth-order valence-electron chi connectivity index (χ4n) is 5.68. The summed E-state index contributed by atoms with van der Waals surface area (Å²) in [4.78, 5) is 29.2. The zero-order chi connectivity index (χ0) is 32.4. The molecule has 0 spiro atoms. The highest BCUT2D eigenvalue weighted by Crippen LogP contribution is 2.32. The lowest BCUT2D eigenvalue weighted by atomic mass is 9.95. The number of halogens is 1. The molecule has 1 N–H and O–H groups in total. The number of hydrogen-bond acceptors (Lipinski definition) is 6. The van der Waals surface area contributed by atoms with E-state index in [1.807, 2.05) is 37.3 Å². The molecule has 1 aliphatic carbocycles. The van der Waals surface area contributed by atoms with Crippen LogP contribution in [0.3, 0.4) is 0 Å². The van der Waals surface area contributed by atoms with E-state index in [4.69, 9.17) is 9.47 Å². The Hall–Kier alpha value is -4.12. The van der Waals surface area contributed by atoms with Crippen LogP contribution in [0.15, 0.2) is 77.7 Å². The van der Waals surface area contributed by atoms with Crippen LogP contribution in [-0.2, 0) is 26.0 Å². The molecule has 3 aromatic carbocycles. The normalized spacial score (nSPS) is 14.3. The molecule has 1 saturated carbocycles. The Bertz CT molecular complexity index is 1530. The number of nitrogens with one attached hydrogen (secondary N) is 1. The van der Waals surface area contributed by atoms with E-state index in [0.29, 0.717) is 18.6 Å². The van der Waals surface area contributed by atoms with Gasteiger partial charge in [0, 0.05) is 18.7 Å². The van der Waals surface area contributed by atoms with Crippen molar-refractivity contribution in [2.45, 2.75) is 68.8 Å². The summed E-state index contributed by atoms with van der Waals surface area (Å²) in [6, 6.07) is 17.9. The van der Waals surface area contributed by atoms with Crippen LogP contribution in [0.25, 0.3) is 0 Å². The minimum absolute atomic E-state index is 0.0486. The smallest absolute Gasteiger partial charge is 0.264 e. The first kappa shape index (κ1) is 33.8. The van der Waals surface area contributed by atoms with Crippen molar-refractivity contribution in [1.29, 1.82) is 0 Å². The van der Waals surface area contributed by atoms with Gasteiger partial charge in [0.05, 0.1) is 24.8 Å². The van der Waals surface area contributed by atoms with Gasteiger partial charge in [-0.25, -0.2) is 12.8 Å². The van der Waals surface area contributed by atoms with Crippen molar-refractivity contribution in [1.82, 2.24) is 10.2 Å². The van der Waals surface area contributed by atoms with Crippen LogP contribution >= 0.6 is 0 Å². The summed E-state index contributed by atoms with van der Waals surface area (Å²) >= 11 is 0. The first-order chi connectivity index (χ1) is 21.7. The minimum atomic E-state index is -4.37. The second-order valence-electron chi connectivity index (χ2n) is 11.1. The van der Waals surface area contributed by atoms with Crippen molar-refractivity contribution in [3.8, 4) is 11.5 Å². The van der Waals surface area contributed by atoms with Gasteiger partial charge in [-0.05, 0) is 67.6 Å². The average molecular weight is 640 g/mol. The van der Waals surface area contributed by atoms with E-state index in [1.54, 1.807) is 0 Å². The summed E-state index contributed by atoms with van der Waals surface area (Å²) in [7, 11) is -1.54. The van der Waals surface area contributed by atoms with E-state index < -0.39 is 34.3 Å². The second kappa shape index (κ2) is 15.7. The van der Waals surface area contributed by atoms with Crippen molar-refractivity contribution in [3.05, 3.63) is 84.2 Å². The van der Waals surface area contributed by atoms with Gasteiger partial charge in [-0.2, -0.15) is 0 Å². The summed E-state index contributed by atoms with van der Waals surface area (Å²) in [5.74, 6) is -0.822. The summed E-state index contributed by atoms with van der Waals surface area (Å²) < 4.78 is 53.7. The summed E-state index contributed by atoms with van der Waals surface area (Å²) in [5, 5.41) is 3.14. The second-order valence-corrected chi connectivity index (χ2v) is 13.0. The van der Waals surface area contributed by atoms with E-state index in [0.717, 1.165) is 54.1 Å². The molecule has 242 valence electrons. The number of carbonyl (C=O) groups excluding carboxylic acids is 2. The number of anilines is 1. The van der Waals surface area contributed by atoms with Crippen LogP contribution in [0.1, 0.15) is 51.0 Å². The molecule has 0 aromatic heterocycles. The van der Waals surface area contributed by atoms with E-state index in [9.17, 15) is 22.4 Å². The highest BCUT2D eigenvalue weighted by molar-refractivity contribution is 7.92. The van der Waals surface area contributed by atoms with Crippen LogP contribution < -0.4 is 19.1 Å². The fourth-order valence-corrected chi connectivity index (χ4v) is 7.11. The van der Waals surface area contributed by atoms with Crippen LogP contribution in [-0.4, -0.2) is 64.5 Å². The minimum Gasteiger partial charge on any atom is -0.493 e. The lowest BCUT2D eigenvalue weighted by Crippen LogP contribution is -2.54. The molecule has 1 fully saturated rings. The predicted octanol–water partition coefficient (Wildman–Crippen LogP) is 5.34. The van der Waals surface area contributed by atoms with Gasteiger partial charge in [0.15, 0.2) is 11.5 Å². The van der Waals surface area contributed by atoms with E-state index in [1.165, 1.54) is 49.5 Å². The molecule has 0 heterocycles. The number of amides is 2. The Kier molecular flexibility index (Phi) is 11.8. The van der Waals surface area contributed by atoms with Gasteiger partial charge >= 0.3 is 0 Å². The Morgan fingerprint density at radius 3 is 2.22 bits per heavy atom. The van der Waals surface area contributed by atoms with Crippen LogP contribution in [0, 0.1) is 5.82 Å². The van der Waals surface area contributed by atoms with Gasteiger partial charge < -0.3 is 19.7 Å². The van der Waals surface area contributed by atoms with E-state index in [-0.39, 0.29) is 34.8 Å². The maximum Gasteiger partial charge on any atom is 0.264 e. The van der Waals surface area contributed by atoms with Gasteiger partial charge in [-0.3, -0.25) is 13.9 Å².